The molecule has 1 amide bonds. The SMILES string of the molecule is CC(C)N(C(=O)COC(=O)CCCn1cnc2c1c(=O)n(C)c(=O)n2C)C(C)C. The molecule has 160 valence electrons. The van der Waals surface area contributed by atoms with Gasteiger partial charge in [0.2, 0.25) is 0 Å². The van der Waals surface area contributed by atoms with E-state index in [9.17, 15) is 19.2 Å². The van der Waals surface area contributed by atoms with Gasteiger partial charge < -0.3 is 14.2 Å². The maximum Gasteiger partial charge on any atom is 0.332 e. The van der Waals surface area contributed by atoms with Crippen LogP contribution in [0.3, 0.4) is 0 Å². The largest absolute Gasteiger partial charge is 0.456 e. The van der Waals surface area contributed by atoms with E-state index in [2.05, 4.69) is 4.98 Å². The van der Waals surface area contributed by atoms with Crippen LogP contribution in [-0.2, 0) is 35.0 Å². The average molecular weight is 407 g/mol. The minimum atomic E-state index is -0.476. The molecule has 0 unspecified atom stereocenters. The van der Waals surface area contributed by atoms with Crippen LogP contribution in [-0.4, -0.2) is 54.2 Å². The number of aromatic nitrogens is 4. The summed E-state index contributed by atoms with van der Waals surface area (Å²) in [5.74, 6) is -0.705. The Bertz CT molecular complexity index is 1010. The summed E-state index contributed by atoms with van der Waals surface area (Å²) in [4.78, 5) is 54.4. The van der Waals surface area contributed by atoms with Crippen molar-refractivity contribution in [2.75, 3.05) is 6.61 Å². The summed E-state index contributed by atoms with van der Waals surface area (Å²) in [5.41, 5.74) is -0.273. The van der Waals surface area contributed by atoms with Crippen LogP contribution in [0.2, 0.25) is 0 Å². The van der Waals surface area contributed by atoms with Crippen molar-refractivity contribution in [3.8, 4) is 0 Å². The molecule has 0 saturated heterocycles. The third kappa shape index (κ3) is 4.75. The summed E-state index contributed by atoms with van der Waals surface area (Å²) in [6.07, 6.45) is 1.98. The van der Waals surface area contributed by atoms with Gasteiger partial charge in [0, 0.05) is 39.1 Å². The van der Waals surface area contributed by atoms with Gasteiger partial charge in [-0.3, -0.25) is 23.5 Å². The number of rotatable bonds is 8. The van der Waals surface area contributed by atoms with Crippen molar-refractivity contribution in [2.24, 2.45) is 14.1 Å². The molecule has 0 fully saturated rings. The van der Waals surface area contributed by atoms with E-state index >= 15 is 0 Å². The van der Waals surface area contributed by atoms with Crippen LogP contribution >= 0.6 is 0 Å². The van der Waals surface area contributed by atoms with E-state index in [4.69, 9.17) is 4.74 Å². The van der Waals surface area contributed by atoms with Gasteiger partial charge in [0.1, 0.15) is 0 Å². The van der Waals surface area contributed by atoms with Crippen LogP contribution in [0.5, 0.6) is 0 Å². The molecule has 0 aliphatic heterocycles. The second-order valence-corrected chi connectivity index (χ2v) is 7.57. The van der Waals surface area contributed by atoms with Crippen molar-refractivity contribution in [3.63, 3.8) is 0 Å². The zero-order valence-corrected chi connectivity index (χ0v) is 17.8. The first-order valence-corrected chi connectivity index (χ1v) is 9.63. The number of imidazole rings is 1. The fraction of sp³-hybridized carbons (Fsp3) is 0.632. The molecule has 0 aliphatic carbocycles. The molecular weight excluding hydrogens is 378 g/mol. The van der Waals surface area contributed by atoms with E-state index in [1.807, 2.05) is 27.7 Å². The Hall–Kier alpha value is -2.91. The van der Waals surface area contributed by atoms with Crippen molar-refractivity contribution in [1.82, 2.24) is 23.6 Å². The lowest BCUT2D eigenvalue weighted by molar-refractivity contribution is -0.153. The molecule has 10 heteroatoms. The summed E-state index contributed by atoms with van der Waals surface area (Å²) in [7, 11) is 2.96. The molecule has 0 radical (unpaired) electrons. The predicted molar refractivity (Wildman–Crippen MR) is 108 cm³/mol. The van der Waals surface area contributed by atoms with E-state index < -0.39 is 17.2 Å². The summed E-state index contributed by atoms with van der Waals surface area (Å²) in [6.45, 7) is 7.72. The van der Waals surface area contributed by atoms with Crippen molar-refractivity contribution in [3.05, 3.63) is 27.2 Å². The molecule has 0 aliphatic rings. The third-order valence-corrected chi connectivity index (χ3v) is 4.75. The van der Waals surface area contributed by atoms with Gasteiger partial charge in [0.15, 0.2) is 17.8 Å². The average Bonchev–Trinajstić information content (AvgIpc) is 3.06. The van der Waals surface area contributed by atoms with E-state index in [-0.39, 0.29) is 31.0 Å². The van der Waals surface area contributed by atoms with Crippen molar-refractivity contribution < 1.29 is 14.3 Å². The van der Waals surface area contributed by atoms with Gasteiger partial charge in [0.05, 0.1) is 6.33 Å². The number of aryl methyl sites for hydroxylation is 2. The van der Waals surface area contributed by atoms with Gasteiger partial charge in [-0.15, -0.1) is 0 Å². The smallest absolute Gasteiger partial charge is 0.332 e. The van der Waals surface area contributed by atoms with E-state index in [1.54, 1.807) is 16.5 Å². The minimum Gasteiger partial charge on any atom is -0.456 e. The molecule has 0 bridgehead atoms. The summed E-state index contributed by atoms with van der Waals surface area (Å²) in [5, 5.41) is 0. The predicted octanol–water partition coefficient (Wildman–Crippen LogP) is 0.403. The molecule has 2 aromatic heterocycles. The second-order valence-electron chi connectivity index (χ2n) is 7.57. The first kappa shape index (κ1) is 22.4. The lowest BCUT2D eigenvalue weighted by Gasteiger charge is -2.30. The number of carbonyl (C=O) groups excluding carboxylic acids is 2. The highest BCUT2D eigenvalue weighted by Gasteiger charge is 2.21. The molecular formula is C19H29N5O5. The van der Waals surface area contributed by atoms with Crippen LogP contribution < -0.4 is 11.2 Å². The van der Waals surface area contributed by atoms with Gasteiger partial charge in [-0.2, -0.15) is 0 Å². The van der Waals surface area contributed by atoms with Gasteiger partial charge in [-0.05, 0) is 34.1 Å². The highest BCUT2D eigenvalue weighted by atomic mass is 16.5. The normalized spacial score (nSPS) is 11.4. The number of esters is 1. The Morgan fingerprint density at radius 3 is 2.31 bits per heavy atom. The number of ether oxygens (including phenoxy) is 1. The van der Waals surface area contributed by atoms with Crippen molar-refractivity contribution in [1.29, 1.82) is 0 Å². The zero-order valence-electron chi connectivity index (χ0n) is 17.8. The van der Waals surface area contributed by atoms with Crippen LogP contribution in [0.25, 0.3) is 11.2 Å². The minimum absolute atomic E-state index is 0.0225. The molecule has 2 heterocycles. The quantitative estimate of drug-likeness (QED) is 0.586. The molecule has 0 spiro atoms. The monoisotopic (exact) mass is 407 g/mol. The van der Waals surface area contributed by atoms with E-state index in [1.165, 1.54) is 17.9 Å². The number of hydrogen-bond acceptors (Lipinski definition) is 6. The summed E-state index contributed by atoms with van der Waals surface area (Å²) >= 11 is 0. The van der Waals surface area contributed by atoms with Crippen molar-refractivity contribution in [2.45, 2.75) is 59.2 Å². The van der Waals surface area contributed by atoms with Gasteiger partial charge in [0.25, 0.3) is 11.5 Å². The van der Waals surface area contributed by atoms with E-state index in [0.717, 1.165) is 4.57 Å². The number of amides is 1. The molecule has 29 heavy (non-hydrogen) atoms. The Labute approximate surface area is 168 Å². The fourth-order valence-electron chi connectivity index (χ4n) is 3.42. The molecule has 2 rings (SSSR count). The molecule has 0 N–H and O–H groups in total. The number of hydrogen-bond donors (Lipinski definition) is 0. The van der Waals surface area contributed by atoms with E-state index in [0.29, 0.717) is 24.1 Å². The Balaban J connectivity index is 1.95. The van der Waals surface area contributed by atoms with Crippen LogP contribution in [0.15, 0.2) is 15.9 Å². The zero-order chi connectivity index (χ0) is 21.9. The van der Waals surface area contributed by atoms with Gasteiger partial charge >= 0.3 is 11.7 Å². The Kier molecular flexibility index (Phi) is 6.99. The summed E-state index contributed by atoms with van der Waals surface area (Å²) < 4.78 is 9.05. The molecule has 2 aromatic rings. The second kappa shape index (κ2) is 9.06. The fourth-order valence-corrected chi connectivity index (χ4v) is 3.42. The summed E-state index contributed by atoms with van der Waals surface area (Å²) in [6, 6.07) is 0.0450. The van der Waals surface area contributed by atoms with Crippen LogP contribution in [0, 0.1) is 0 Å². The highest BCUT2D eigenvalue weighted by Crippen LogP contribution is 2.09. The third-order valence-electron chi connectivity index (χ3n) is 4.75. The number of fused-ring (bicyclic) bond motifs is 1. The first-order valence-electron chi connectivity index (χ1n) is 9.63. The Morgan fingerprint density at radius 1 is 1.10 bits per heavy atom. The lowest BCUT2D eigenvalue weighted by Crippen LogP contribution is -2.44. The maximum atomic E-state index is 12.4. The van der Waals surface area contributed by atoms with Crippen LogP contribution in [0.4, 0.5) is 0 Å². The van der Waals surface area contributed by atoms with Crippen LogP contribution in [0.1, 0.15) is 40.5 Å². The number of nitrogens with zero attached hydrogens (tertiary/aromatic N) is 5. The molecule has 0 aromatic carbocycles. The molecule has 0 atom stereocenters. The van der Waals surface area contributed by atoms with Gasteiger partial charge in [-0.25, -0.2) is 9.78 Å². The lowest BCUT2D eigenvalue weighted by atomic mass is 10.2. The van der Waals surface area contributed by atoms with Gasteiger partial charge in [-0.1, -0.05) is 0 Å². The molecule has 10 nitrogen and oxygen atoms in total. The topological polar surface area (TPSA) is 108 Å². The van der Waals surface area contributed by atoms with Crippen molar-refractivity contribution >= 4 is 23.0 Å². The molecule has 0 saturated carbocycles. The highest BCUT2D eigenvalue weighted by molar-refractivity contribution is 5.81. The standard InChI is InChI=1S/C19H29N5O5/c1-12(2)24(13(3)4)14(25)10-29-15(26)8-7-9-23-11-20-17-16(23)18(27)22(6)19(28)21(17)5/h11-13H,7-10H2,1-6H3. The maximum absolute atomic E-state index is 12.4. The Morgan fingerprint density at radius 2 is 1.72 bits per heavy atom. The number of carbonyl (C=O) groups is 2. The first-order chi connectivity index (χ1) is 13.6.